The van der Waals surface area contributed by atoms with E-state index in [0.29, 0.717) is 10.7 Å². The van der Waals surface area contributed by atoms with E-state index < -0.39 is 11.9 Å². The molecule has 1 unspecified atom stereocenters. The minimum absolute atomic E-state index is 0.0191. The van der Waals surface area contributed by atoms with Gasteiger partial charge in [0.25, 0.3) is 0 Å². The van der Waals surface area contributed by atoms with Crippen LogP contribution in [-0.2, 0) is 19.1 Å². The fourth-order valence-corrected chi connectivity index (χ4v) is 2.33. The lowest BCUT2D eigenvalue weighted by atomic mass is 9.97. The Kier molecular flexibility index (Phi) is 5.16. The number of methoxy groups -OCH3 is 1. The Labute approximate surface area is 132 Å². The number of ether oxygens (including phenoxy) is 1. The molecule has 1 aromatic carbocycles. The van der Waals surface area contributed by atoms with Crippen molar-refractivity contribution in [3.63, 3.8) is 0 Å². The van der Waals surface area contributed by atoms with Crippen molar-refractivity contribution in [1.29, 1.82) is 0 Å². The van der Waals surface area contributed by atoms with Crippen molar-refractivity contribution in [3.8, 4) is 0 Å². The summed E-state index contributed by atoms with van der Waals surface area (Å²) < 4.78 is 4.43. The molecule has 0 spiro atoms. The topological polar surface area (TPSA) is 84.5 Å². The van der Waals surface area contributed by atoms with Crippen LogP contribution in [0.15, 0.2) is 30.4 Å². The van der Waals surface area contributed by atoms with Gasteiger partial charge in [-0.2, -0.15) is 0 Å². The molecule has 7 heteroatoms. The number of nitrogens with one attached hydrogen (secondary N) is 2. The molecule has 2 N–H and O–H groups in total. The Morgan fingerprint density at radius 2 is 2.23 bits per heavy atom. The highest BCUT2D eigenvalue weighted by Gasteiger charge is 2.32. The van der Waals surface area contributed by atoms with Crippen molar-refractivity contribution in [1.82, 2.24) is 5.32 Å². The quantitative estimate of drug-likeness (QED) is 0.637. The van der Waals surface area contributed by atoms with Crippen LogP contribution in [0.1, 0.15) is 17.9 Å². The summed E-state index contributed by atoms with van der Waals surface area (Å²) in [5.41, 5.74) is 1.40. The van der Waals surface area contributed by atoms with Crippen molar-refractivity contribution < 1.29 is 19.1 Å². The molecule has 1 atom stereocenters. The maximum absolute atomic E-state index is 11.9. The Morgan fingerprint density at radius 3 is 2.95 bits per heavy atom. The minimum Gasteiger partial charge on any atom is -0.466 e. The predicted octanol–water partition coefficient (Wildman–Crippen LogP) is 1.61. The third-order valence-electron chi connectivity index (χ3n) is 3.23. The van der Waals surface area contributed by atoms with E-state index in [9.17, 15) is 14.4 Å². The largest absolute Gasteiger partial charge is 0.466 e. The van der Waals surface area contributed by atoms with Gasteiger partial charge in [-0.1, -0.05) is 17.7 Å². The van der Waals surface area contributed by atoms with Gasteiger partial charge in [-0.3, -0.25) is 9.59 Å². The average molecular weight is 323 g/mol. The van der Waals surface area contributed by atoms with E-state index >= 15 is 0 Å². The number of esters is 1. The molecule has 1 heterocycles. The number of benzene rings is 1. The standard InChI is InChI=1S/C15H15ClN2O4/c1-22-14(20)3-2-6-17-13(19)8-11-10-7-9(16)4-5-12(10)18-15(11)21/h2-5,7,11H,6,8H2,1H3,(H,17,19)(H,18,21)/b3-2+. The number of anilines is 1. The van der Waals surface area contributed by atoms with Crippen LogP contribution >= 0.6 is 11.6 Å². The molecule has 116 valence electrons. The summed E-state index contributed by atoms with van der Waals surface area (Å²) in [7, 11) is 1.27. The van der Waals surface area contributed by atoms with E-state index in [4.69, 9.17) is 11.6 Å². The van der Waals surface area contributed by atoms with E-state index in [1.807, 2.05) is 0 Å². The van der Waals surface area contributed by atoms with Gasteiger partial charge in [0.15, 0.2) is 0 Å². The summed E-state index contributed by atoms with van der Waals surface area (Å²) in [5, 5.41) is 5.84. The molecule has 2 rings (SSSR count). The zero-order valence-electron chi connectivity index (χ0n) is 11.9. The van der Waals surface area contributed by atoms with Crippen LogP contribution in [0.4, 0.5) is 5.69 Å². The van der Waals surface area contributed by atoms with Crippen molar-refractivity contribution in [2.45, 2.75) is 12.3 Å². The molecule has 0 fully saturated rings. The van der Waals surface area contributed by atoms with E-state index in [1.54, 1.807) is 18.2 Å². The maximum atomic E-state index is 11.9. The molecule has 1 aromatic rings. The van der Waals surface area contributed by atoms with Gasteiger partial charge in [0.2, 0.25) is 11.8 Å². The fraction of sp³-hybridized carbons (Fsp3) is 0.267. The van der Waals surface area contributed by atoms with Gasteiger partial charge in [0.1, 0.15) is 0 Å². The molecule has 0 radical (unpaired) electrons. The first-order valence-electron chi connectivity index (χ1n) is 6.62. The SMILES string of the molecule is COC(=O)/C=C/CNC(=O)CC1C(=O)Nc2ccc(Cl)cc21. The second kappa shape index (κ2) is 7.09. The molecule has 0 aliphatic carbocycles. The van der Waals surface area contributed by atoms with Crippen molar-refractivity contribution in [2.24, 2.45) is 0 Å². The molecular formula is C15H15ClN2O4. The van der Waals surface area contributed by atoms with Crippen molar-refractivity contribution in [2.75, 3.05) is 19.0 Å². The molecule has 0 aromatic heterocycles. The Bertz CT molecular complexity index is 642. The summed E-state index contributed by atoms with van der Waals surface area (Å²) in [6, 6.07) is 5.08. The monoisotopic (exact) mass is 322 g/mol. The highest BCUT2D eigenvalue weighted by molar-refractivity contribution is 6.31. The highest BCUT2D eigenvalue weighted by atomic mass is 35.5. The minimum atomic E-state index is -0.557. The van der Waals surface area contributed by atoms with Crippen LogP contribution in [0.3, 0.4) is 0 Å². The van der Waals surface area contributed by atoms with E-state index in [-0.39, 0.29) is 24.8 Å². The molecule has 0 saturated carbocycles. The van der Waals surface area contributed by atoms with E-state index in [1.165, 1.54) is 19.3 Å². The zero-order chi connectivity index (χ0) is 16.1. The lowest BCUT2D eigenvalue weighted by molar-refractivity contribution is -0.134. The summed E-state index contributed by atoms with van der Waals surface area (Å²) in [6.07, 6.45) is 2.71. The number of hydrogen-bond donors (Lipinski definition) is 2. The molecule has 0 bridgehead atoms. The molecule has 1 aliphatic heterocycles. The predicted molar refractivity (Wildman–Crippen MR) is 81.6 cm³/mol. The van der Waals surface area contributed by atoms with Gasteiger partial charge < -0.3 is 15.4 Å². The molecular weight excluding hydrogens is 308 g/mol. The lowest BCUT2D eigenvalue weighted by Gasteiger charge is -2.08. The lowest BCUT2D eigenvalue weighted by Crippen LogP contribution is -2.27. The first-order valence-corrected chi connectivity index (χ1v) is 7.00. The number of rotatable bonds is 5. The van der Waals surface area contributed by atoms with Crippen molar-refractivity contribution in [3.05, 3.63) is 40.9 Å². The normalized spacial score (nSPS) is 16.3. The first kappa shape index (κ1) is 16.0. The number of hydrogen-bond acceptors (Lipinski definition) is 4. The van der Waals surface area contributed by atoms with Crippen LogP contribution in [0.5, 0.6) is 0 Å². The Hall–Kier alpha value is -2.34. The average Bonchev–Trinajstić information content (AvgIpc) is 2.79. The Balaban J connectivity index is 1.92. The smallest absolute Gasteiger partial charge is 0.330 e. The van der Waals surface area contributed by atoms with Gasteiger partial charge in [-0.15, -0.1) is 0 Å². The van der Waals surface area contributed by atoms with Gasteiger partial charge >= 0.3 is 5.97 Å². The number of fused-ring (bicyclic) bond motifs is 1. The third-order valence-corrected chi connectivity index (χ3v) is 3.46. The van der Waals surface area contributed by atoms with E-state index in [0.717, 1.165) is 5.56 Å². The second-order valence-corrected chi connectivity index (χ2v) is 5.14. The first-order chi connectivity index (χ1) is 10.5. The van der Waals surface area contributed by atoms with Crippen LogP contribution < -0.4 is 10.6 Å². The third kappa shape index (κ3) is 3.85. The van der Waals surface area contributed by atoms with Crippen LogP contribution in [-0.4, -0.2) is 31.4 Å². The van der Waals surface area contributed by atoms with E-state index in [2.05, 4.69) is 15.4 Å². The van der Waals surface area contributed by atoms with Gasteiger partial charge in [0.05, 0.1) is 13.0 Å². The number of amides is 2. The van der Waals surface area contributed by atoms with Crippen LogP contribution in [0, 0.1) is 0 Å². The highest BCUT2D eigenvalue weighted by Crippen LogP contribution is 2.36. The van der Waals surface area contributed by atoms with Crippen LogP contribution in [0.25, 0.3) is 0 Å². The summed E-state index contributed by atoms with van der Waals surface area (Å²) in [5.74, 6) is -1.56. The number of carbonyl (C=O) groups is 3. The second-order valence-electron chi connectivity index (χ2n) is 4.71. The molecule has 6 nitrogen and oxygen atoms in total. The van der Waals surface area contributed by atoms with Gasteiger partial charge in [0, 0.05) is 29.8 Å². The Morgan fingerprint density at radius 1 is 1.45 bits per heavy atom. The van der Waals surface area contributed by atoms with Crippen LogP contribution in [0.2, 0.25) is 5.02 Å². The summed E-state index contributed by atoms with van der Waals surface area (Å²) in [6.45, 7) is 0.185. The van der Waals surface area contributed by atoms with Gasteiger partial charge in [-0.25, -0.2) is 4.79 Å². The van der Waals surface area contributed by atoms with Crippen molar-refractivity contribution >= 4 is 35.1 Å². The molecule has 22 heavy (non-hydrogen) atoms. The molecule has 0 saturated heterocycles. The molecule has 2 amide bonds. The fourth-order valence-electron chi connectivity index (χ4n) is 2.15. The van der Waals surface area contributed by atoms with Gasteiger partial charge in [-0.05, 0) is 23.8 Å². The molecule has 1 aliphatic rings. The summed E-state index contributed by atoms with van der Waals surface area (Å²) >= 11 is 5.93. The number of halogens is 1. The zero-order valence-corrected chi connectivity index (χ0v) is 12.6. The summed E-state index contributed by atoms with van der Waals surface area (Å²) in [4.78, 5) is 34.7. The maximum Gasteiger partial charge on any atom is 0.330 e. The number of carbonyl (C=O) groups excluding carboxylic acids is 3.